The van der Waals surface area contributed by atoms with Crippen LogP contribution in [0.5, 0.6) is 11.6 Å². The van der Waals surface area contributed by atoms with Crippen LogP contribution in [0.4, 0.5) is 37.8 Å². The number of halogens is 7. The standard InChI is InChI=1S/C19H12ClF6N3O/c1-11-3-2-4-12(7-11)29(19(24,25)26)16-9-17(28-10-27-16)30-13-5-6-15(20)14(8-13)18(21,22)23/h2-10H,1H3. The second-order valence-corrected chi connectivity index (χ2v) is 6.51. The van der Waals surface area contributed by atoms with Crippen molar-refractivity contribution < 1.29 is 31.1 Å². The fourth-order valence-electron chi connectivity index (χ4n) is 2.59. The number of anilines is 2. The van der Waals surface area contributed by atoms with E-state index in [4.69, 9.17) is 16.3 Å². The molecule has 0 aliphatic rings. The minimum Gasteiger partial charge on any atom is -0.439 e. The monoisotopic (exact) mass is 447 g/mol. The van der Waals surface area contributed by atoms with Gasteiger partial charge in [0, 0.05) is 6.07 Å². The average Bonchev–Trinajstić information content (AvgIpc) is 2.62. The molecule has 158 valence electrons. The van der Waals surface area contributed by atoms with Crippen molar-refractivity contribution in [3.63, 3.8) is 0 Å². The van der Waals surface area contributed by atoms with Gasteiger partial charge in [0.2, 0.25) is 5.88 Å². The normalized spacial score (nSPS) is 12.0. The van der Waals surface area contributed by atoms with Gasteiger partial charge < -0.3 is 4.74 Å². The lowest BCUT2D eigenvalue weighted by Crippen LogP contribution is -2.34. The highest BCUT2D eigenvalue weighted by Crippen LogP contribution is 2.39. The third-order valence-corrected chi connectivity index (χ3v) is 4.17. The molecule has 11 heteroatoms. The van der Waals surface area contributed by atoms with Crippen molar-refractivity contribution in [2.45, 2.75) is 19.4 Å². The maximum atomic E-state index is 13.7. The van der Waals surface area contributed by atoms with Crippen molar-refractivity contribution in [3.05, 3.63) is 71.0 Å². The molecule has 0 N–H and O–H groups in total. The molecule has 0 saturated heterocycles. The van der Waals surface area contributed by atoms with Gasteiger partial charge in [-0.1, -0.05) is 23.7 Å². The van der Waals surface area contributed by atoms with Crippen molar-refractivity contribution in [2.24, 2.45) is 0 Å². The Morgan fingerprint density at radius 1 is 0.933 bits per heavy atom. The molecule has 0 aliphatic carbocycles. The van der Waals surface area contributed by atoms with Gasteiger partial charge in [0.1, 0.15) is 17.9 Å². The highest BCUT2D eigenvalue weighted by Gasteiger charge is 2.40. The summed E-state index contributed by atoms with van der Waals surface area (Å²) in [6.45, 7) is 1.63. The molecular formula is C19H12ClF6N3O. The molecule has 0 saturated carbocycles. The number of benzene rings is 2. The quantitative estimate of drug-likeness (QED) is 0.322. The first-order valence-corrected chi connectivity index (χ1v) is 8.63. The predicted molar refractivity (Wildman–Crippen MR) is 97.9 cm³/mol. The molecule has 2 aromatic carbocycles. The molecule has 0 aliphatic heterocycles. The third-order valence-electron chi connectivity index (χ3n) is 3.84. The second-order valence-electron chi connectivity index (χ2n) is 6.10. The summed E-state index contributed by atoms with van der Waals surface area (Å²) in [4.78, 5) is 7.33. The summed E-state index contributed by atoms with van der Waals surface area (Å²) in [5.41, 5.74) is -0.751. The van der Waals surface area contributed by atoms with Gasteiger partial charge in [0.05, 0.1) is 16.3 Å². The Bertz CT molecular complexity index is 1050. The van der Waals surface area contributed by atoms with E-state index < -0.39 is 28.9 Å². The molecule has 0 atom stereocenters. The van der Waals surface area contributed by atoms with Crippen LogP contribution >= 0.6 is 11.6 Å². The Labute approximate surface area is 171 Å². The average molecular weight is 448 g/mol. The maximum Gasteiger partial charge on any atom is 0.490 e. The summed E-state index contributed by atoms with van der Waals surface area (Å²) < 4.78 is 85.3. The number of ether oxygens (including phenoxy) is 1. The van der Waals surface area contributed by atoms with Gasteiger partial charge >= 0.3 is 12.5 Å². The summed E-state index contributed by atoms with van der Waals surface area (Å²) in [5, 5.41) is -0.541. The molecule has 1 heterocycles. The number of aromatic nitrogens is 2. The molecule has 0 fully saturated rings. The van der Waals surface area contributed by atoms with Crippen LogP contribution in [0.3, 0.4) is 0 Å². The van der Waals surface area contributed by atoms with E-state index in [-0.39, 0.29) is 22.2 Å². The van der Waals surface area contributed by atoms with Crippen LogP contribution < -0.4 is 9.64 Å². The van der Waals surface area contributed by atoms with E-state index in [0.717, 1.165) is 24.5 Å². The Morgan fingerprint density at radius 3 is 2.30 bits per heavy atom. The van der Waals surface area contributed by atoms with Crippen LogP contribution in [0, 0.1) is 6.92 Å². The van der Waals surface area contributed by atoms with E-state index in [0.29, 0.717) is 11.6 Å². The Balaban J connectivity index is 1.97. The lowest BCUT2D eigenvalue weighted by Gasteiger charge is -2.26. The van der Waals surface area contributed by atoms with Crippen molar-refractivity contribution in [3.8, 4) is 11.6 Å². The molecule has 1 aromatic heterocycles. The zero-order valence-corrected chi connectivity index (χ0v) is 15.8. The molecule has 0 spiro atoms. The summed E-state index contributed by atoms with van der Waals surface area (Å²) in [7, 11) is 0. The highest BCUT2D eigenvalue weighted by atomic mass is 35.5. The summed E-state index contributed by atoms with van der Waals surface area (Å²) in [5.74, 6) is -1.24. The molecular weight excluding hydrogens is 436 g/mol. The van der Waals surface area contributed by atoms with Crippen LogP contribution in [0.15, 0.2) is 54.9 Å². The number of rotatable bonds is 4. The molecule has 4 nitrogen and oxygen atoms in total. The van der Waals surface area contributed by atoms with Gasteiger partial charge in [-0.25, -0.2) is 14.9 Å². The molecule has 0 radical (unpaired) electrons. The molecule has 0 unspecified atom stereocenters. The smallest absolute Gasteiger partial charge is 0.439 e. The lowest BCUT2D eigenvalue weighted by molar-refractivity contribution is -0.137. The van der Waals surface area contributed by atoms with E-state index in [1.807, 2.05) is 0 Å². The van der Waals surface area contributed by atoms with E-state index in [2.05, 4.69) is 9.97 Å². The third kappa shape index (κ3) is 4.93. The summed E-state index contributed by atoms with van der Waals surface area (Å²) >= 11 is 5.55. The summed E-state index contributed by atoms with van der Waals surface area (Å²) in [6.07, 6.45) is -8.74. The highest BCUT2D eigenvalue weighted by molar-refractivity contribution is 6.31. The van der Waals surface area contributed by atoms with Crippen LogP contribution in [0.1, 0.15) is 11.1 Å². The number of aryl methyl sites for hydroxylation is 1. The van der Waals surface area contributed by atoms with E-state index in [1.165, 1.54) is 18.2 Å². The fraction of sp³-hybridized carbons (Fsp3) is 0.158. The van der Waals surface area contributed by atoms with Gasteiger partial charge in [-0.05, 0) is 42.8 Å². The first-order valence-electron chi connectivity index (χ1n) is 8.25. The number of alkyl halides is 6. The van der Waals surface area contributed by atoms with Crippen LogP contribution in [0.2, 0.25) is 5.02 Å². The van der Waals surface area contributed by atoms with Crippen molar-refractivity contribution in [2.75, 3.05) is 4.90 Å². The SMILES string of the molecule is Cc1cccc(N(c2cc(Oc3ccc(Cl)c(C(F)(F)F)c3)ncn2)C(F)(F)F)c1. The number of nitrogens with zero attached hydrogens (tertiary/aromatic N) is 3. The van der Waals surface area contributed by atoms with Gasteiger partial charge in [-0.3, -0.25) is 0 Å². The topological polar surface area (TPSA) is 38.2 Å². The minimum atomic E-state index is -4.83. The van der Waals surface area contributed by atoms with Gasteiger partial charge in [-0.2, -0.15) is 13.2 Å². The first kappa shape index (κ1) is 21.7. The predicted octanol–water partition coefficient (Wildman–Crippen LogP) is 6.91. The van der Waals surface area contributed by atoms with E-state index in [1.54, 1.807) is 13.0 Å². The largest absolute Gasteiger partial charge is 0.490 e. The Morgan fingerprint density at radius 2 is 1.67 bits per heavy atom. The Hall–Kier alpha value is -3.01. The van der Waals surface area contributed by atoms with Gasteiger partial charge in [0.15, 0.2) is 0 Å². The zero-order chi connectivity index (χ0) is 22.1. The van der Waals surface area contributed by atoms with E-state index in [9.17, 15) is 26.3 Å². The molecule has 0 bridgehead atoms. The fourth-order valence-corrected chi connectivity index (χ4v) is 2.81. The zero-order valence-electron chi connectivity index (χ0n) is 15.1. The molecule has 3 rings (SSSR count). The van der Waals surface area contributed by atoms with Crippen LogP contribution in [-0.4, -0.2) is 16.3 Å². The van der Waals surface area contributed by atoms with Crippen molar-refractivity contribution in [1.82, 2.24) is 9.97 Å². The van der Waals surface area contributed by atoms with Crippen molar-refractivity contribution >= 4 is 23.1 Å². The lowest BCUT2D eigenvalue weighted by atomic mass is 10.2. The number of hydrogen-bond donors (Lipinski definition) is 0. The maximum absolute atomic E-state index is 13.7. The van der Waals surface area contributed by atoms with Crippen LogP contribution in [0.25, 0.3) is 0 Å². The van der Waals surface area contributed by atoms with Crippen LogP contribution in [-0.2, 0) is 6.18 Å². The summed E-state index contributed by atoms with van der Waals surface area (Å²) in [6, 6.07) is 9.25. The van der Waals surface area contributed by atoms with E-state index >= 15 is 0 Å². The first-order chi connectivity index (χ1) is 13.9. The Kier molecular flexibility index (Phi) is 5.80. The molecule has 30 heavy (non-hydrogen) atoms. The minimum absolute atomic E-state index is 0.0115. The molecule has 3 aromatic rings. The second kappa shape index (κ2) is 8.02. The van der Waals surface area contributed by atoms with Crippen molar-refractivity contribution in [1.29, 1.82) is 0 Å². The molecule has 0 amide bonds. The van der Waals surface area contributed by atoms with Gasteiger partial charge in [0.25, 0.3) is 0 Å². The van der Waals surface area contributed by atoms with Gasteiger partial charge in [-0.15, -0.1) is 13.2 Å². The number of hydrogen-bond acceptors (Lipinski definition) is 4.